The van der Waals surface area contributed by atoms with E-state index in [4.69, 9.17) is 5.73 Å². The second kappa shape index (κ2) is 6.94. The van der Waals surface area contributed by atoms with Crippen LogP contribution in [0.3, 0.4) is 0 Å². The van der Waals surface area contributed by atoms with Gasteiger partial charge >= 0.3 is 6.03 Å². The molecule has 0 radical (unpaired) electrons. The van der Waals surface area contributed by atoms with E-state index in [-0.39, 0.29) is 12.1 Å². The number of nitrogens with zero attached hydrogens (tertiary/aromatic N) is 2. The lowest BCUT2D eigenvalue weighted by molar-refractivity contribution is 0.178. The van der Waals surface area contributed by atoms with Crippen LogP contribution in [-0.4, -0.2) is 30.1 Å². The smallest absolute Gasteiger partial charge is 0.324 e. The molecule has 116 valence electrons. The lowest BCUT2D eigenvalue weighted by Crippen LogP contribution is -2.49. The van der Waals surface area contributed by atoms with E-state index in [1.54, 1.807) is 0 Å². The van der Waals surface area contributed by atoms with Gasteiger partial charge in [0.1, 0.15) is 0 Å². The lowest BCUT2D eigenvalue weighted by Gasteiger charge is -2.36. The van der Waals surface area contributed by atoms with Crippen molar-refractivity contribution in [2.45, 2.75) is 46.2 Å². The van der Waals surface area contributed by atoms with Crippen molar-refractivity contribution in [1.82, 2.24) is 4.90 Å². The van der Waals surface area contributed by atoms with E-state index in [1.165, 1.54) is 0 Å². The Kier molecular flexibility index (Phi) is 5.23. The maximum atomic E-state index is 12.8. The minimum Gasteiger partial charge on any atom is -0.326 e. The SMILES string of the molecule is CC1CCN(C(=O)N(c2ccc(CN)cc2)C(C)C)CC1. The maximum absolute atomic E-state index is 12.8. The minimum absolute atomic E-state index is 0.123. The Morgan fingerprint density at radius 1 is 1.29 bits per heavy atom. The van der Waals surface area contributed by atoms with Gasteiger partial charge in [0.05, 0.1) is 0 Å². The van der Waals surface area contributed by atoms with Crippen LogP contribution in [0, 0.1) is 5.92 Å². The van der Waals surface area contributed by atoms with Crippen molar-refractivity contribution in [2.75, 3.05) is 18.0 Å². The summed E-state index contributed by atoms with van der Waals surface area (Å²) in [5.41, 5.74) is 7.67. The fourth-order valence-corrected chi connectivity index (χ4v) is 2.77. The maximum Gasteiger partial charge on any atom is 0.324 e. The van der Waals surface area contributed by atoms with Crippen molar-refractivity contribution in [2.24, 2.45) is 11.7 Å². The molecule has 2 N–H and O–H groups in total. The molecule has 21 heavy (non-hydrogen) atoms. The van der Waals surface area contributed by atoms with E-state index in [9.17, 15) is 4.79 Å². The number of hydrogen-bond donors (Lipinski definition) is 1. The number of anilines is 1. The van der Waals surface area contributed by atoms with Crippen LogP contribution < -0.4 is 10.6 Å². The monoisotopic (exact) mass is 289 g/mol. The van der Waals surface area contributed by atoms with Gasteiger partial charge in [-0.3, -0.25) is 4.90 Å². The molecule has 0 aromatic heterocycles. The molecule has 1 aromatic carbocycles. The van der Waals surface area contributed by atoms with Crippen LogP contribution in [0.4, 0.5) is 10.5 Å². The third-order valence-corrected chi connectivity index (χ3v) is 4.23. The van der Waals surface area contributed by atoms with Crippen LogP contribution in [-0.2, 0) is 6.54 Å². The average Bonchev–Trinajstić information content (AvgIpc) is 2.48. The second-order valence-electron chi connectivity index (χ2n) is 6.29. The van der Waals surface area contributed by atoms with Crippen molar-refractivity contribution in [1.29, 1.82) is 0 Å². The zero-order valence-corrected chi connectivity index (χ0v) is 13.4. The van der Waals surface area contributed by atoms with E-state index in [1.807, 2.05) is 34.1 Å². The van der Waals surface area contributed by atoms with E-state index in [2.05, 4.69) is 20.8 Å². The third-order valence-electron chi connectivity index (χ3n) is 4.23. The Labute approximate surface area is 127 Å². The van der Waals surface area contributed by atoms with Crippen LogP contribution in [0.2, 0.25) is 0 Å². The van der Waals surface area contributed by atoms with Crippen LogP contribution in [0.15, 0.2) is 24.3 Å². The number of amides is 2. The van der Waals surface area contributed by atoms with Gasteiger partial charge in [-0.05, 0) is 50.3 Å². The molecule has 1 fully saturated rings. The quantitative estimate of drug-likeness (QED) is 0.929. The molecule has 0 bridgehead atoms. The van der Waals surface area contributed by atoms with Crippen molar-refractivity contribution in [3.63, 3.8) is 0 Å². The molecule has 1 aliphatic heterocycles. The topological polar surface area (TPSA) is 49.6 Å². The molecule has 4 nitrogen and oxygen atoms in total. The van der Waals surface area contributed by atoms with Gasteiger partial charge in [0, 0.05) is 31.4 Å². The molecular formula is C17H27N3O. The number of rotatable bonds is 3. The van der Waals surface area contributed by atoms with Crippen molar-refractivity contribution in [3.05, 3.63) is 29.8 Å². The first-order valence-electron chi connectivity index (χ1n) is 7.90. The van der Waals surface area contributed by atoms with E-state index >= 15 is 0 Å². The largest absolute Gasteiger partial charge is 0.326 e. The molecule has 1 saturated heterocycles. The number of piperidine rings is 1. The molecular weight excluding hydrogens is 262 g/mol. The molecule has 0 unspecified atom stereocenters. The second-order valence-corrected chi connectivity index (χ2v) is 6.29. The van der Waals surface area contributed by atoms with Gasteiger partial charge in [-0.1, -0.05) is 19.1 Å². The van der Waals surface area contributed by atoms with E-state index in [0.717, 1.165) is 43.1 Å². The van der Waals surface area contributed by atoms with Crippen LogP contribution in [0.1, 0.15) is 39.2 Å². The fraction of sp³-hybridized carbons (Fsp3) is 0.588. The first kappa shape index (κ1) is 15.8. The highest BCUT2D eigenvalue weighted by Gasteiger charge is 2.27. The summed E-state index contributed by atoms with van der Waals surface area (Å²) in [5, 5.41) is 0. The van der Waals surface area contributed by atoms with Crippen LogP contribution in [0.5, 0.6) is 0 Å². The van der Waals surface area contributed by atoms with E-state index in [0.29, 0.717) is 6.54 Å². The molecule has 1 aliphatic rings. The Balaban J connectivity index is 2.15. The molecule has 0 spiro atoms. The summed E-state index contributed by atoms with van der Waals surface area (Å²) >= 11 is 0. The van der Waals surface area contributed by atoms with Crippen LogP contribution >= 0.6 is 0 Å². The third kappa shape index (κ3) is 3.76. The molecule has 2 amide bonds. The Morgan fingerprint density at radius 2 is 1.86 bits per heavy atom. The summed E-state index contributed by atoms with van der Waals surface area (Å²) in [5.74, 6) is 0.727. The summed E-state index contributed by atoms with van der Waals surface area (Å²) in [4.78, 5) is 16.7. The van der Waals surface area contributed by atoms with E-state index < -0.39 is 0 Å². The molecule has 4 heteroatoms. The van der Waals surface area contributed by atoms with Gasteiger partial charge < -0.3 is 10.6 Å². The predicted molar refractivity (Wildman–Crippen MR) is 87.3 cm³/mol. The van der Waals surface area contributed by atoms with Gasteiger partial charge in [-0.2, -0.15) is 0 Å². The van der Waals surface area contributed by atoms with Gasteiger partial charge in [0.25, 0.3) is 0 Å². The number of carbonyl (C=O) groups excluding carboxylic acids is 1. The normalized spacial score (nSPS) is 16.3. The van der Waals surface area contributed by atoms with Gasteiger partial charge in [-0.15, -0.1) is 0 Å². The first-order chi connectivity index (χ1) is 10.0. The molecule has 0 aliphatic carbocycles. The highest BCUT2D eigenvalue weighted by atomic mass is 16.2. The zero-order valence-electron chi connectivity index (χ0n) is 13.4. The fourth-order valence-electron chi connectivity index (χ4n) is 2.77. The highest BCUT2D eigenvalue weighted by molar-refractivity contribution is 5.92. The first-order valence-corrected chi connectivity index (χ1v) is 7.90. The molecule has 2 rings (SSSR count). The number of benzene rings is 1. The predicted octanol–water partition coefficient (Wildman–Crippen LogP) is 3.21. The lowest BCUT2D eigenvalue weighted by atomic mass is 9.99. The summed E-state index contributed by atoms with van der Waals surface area (Å²) in [6.07, 6.45) is 2.20. The number of urea groups is 1. The summed E-state index contributed by atoms with van der Waals surface area (Å²) in [6, 6.07) is 8.24. The van der Waals surface area contributed by atoms with Crippen molar-refractivity contribution < 1.29 is 4.79 Å². The molecule has 1 heterocycles. The summed E-state index contributed by atoms with van der Waals surface area (Å²) < 4.78 is 0. The molecule has 0 saturated carbocycles. The summed E-state index contributed by atoms with van der Waals surface area (Å²) in [7, 11) is 0. The Bertz CT molecular complexity index is 461. The Hall–Kier alpha value is -1.55. The molecule has 0 atom stereocenters. The van der Waals surface area contributed by atoms with Gasteiger partial charge in [0.15, 0.2) is 0 Å². The number of nitrogens with two attached hydrogens (primary N) is 1. The van der Waals surface area contributed by atoms with Crippen molar-refractivity contribution in [3.8, 4) is 0 Å². The summed E-state index contributed by atoms with van der Waals surface area (Å²) in [6.45, 7) is 8.63. The van der Waals surface area contributed by atoms with Crippen molar-refractivity contribution >= 4 is 11.7 Å². The average molecular weight is 289 g/mol. The van der Waals surface area contributed by atoms with Crippen LogP contribution in [0.25, 0.3) is 0 Å². The highest BCUT2D eigenvalue weighted by Crippen LogP contribution is 2.23. The van der Waals surface area contributed by atoms with Gasteiger partial charge in [0.2, 0.25) is 0 Å². The standard InChI is InChI=1S/C17H27N3O/c1-13(2)20(16-6-4-15(12-18)5-7-16)17(21)19-10-8-14(3)9-11-19/h4-7,13-14H,8-12,18H2,1-3H3. The number of hydrogen-bond acceptors (Lipinski definition) is 2. The zero-order chi connectivity index (χ0) is 15.4. The minimum atomic E-state index is 0.123. The van der Waals surface area contributed by atoms with Gasteiger partial charge in [-0.25, -0.2) is 4.79 Å². The Morgan fingerprint density at radius 3 is 2.33 bits per heavy atom. The number of carbonyl (C=O) groups is 1. The molecule has 1 aromatic rings. The number of likely N-dealkylation sites (tertiary alicyclic amines) is 1.